The molecule has 1 aromatic rings. The Bertz CT molecular complexity index is 515. The highest BCUT2D eigenvalue weighted by Gasteiger charge is 2.25. The van der Waals surface area contributed by atoms with E-state index in [0.717, 1.165) is 19.4 Å². The van der Waals surface area contributed by atoms with Gasteiger partial charge in [0, 0.05) is 25.4 Å². The van der Waals surface area contributed by atoms with Crippen molar-refractivity contribution < 1.29 is 14.3 Å². The van der Waals surface area contributed by atoms with E-state index >= 15 is 0 Å². The van der Waals surface area contributed by atoms with Gasteiger partial charge in [0.2, 0.25) is 5.91 Å². The maximum absolute atomic E-state index is 12.5. The average Bonchev–Trinajstić information content (AvgIpc) is 3.05. The van der Waals surface area contributed by atoms with Crippen LogP contribution in [0.3, 0.4) is 0 Å². The fourth-order valence-corrected chi connectivity index (χ4v) is 2.63. The summed E-state index contributed by atoms with van der Waals surface area (Å²) in [6.07, 6.45) is 2.15. The minimum absolute atomic E-state index is 0.0915. The van der Waals surface area contributed by atoms with E-state index in [0.29, 0.717) is 18.8 Å². The fraction of sp³-hybridized carbons (Fsp3) is 0.529. The van der Waals surface area contributed by atoms with Crippen LogP contribution in [0.4, 0.5) is 10.5 Å². The fourth-order valence-electron chi connectivity index (χ4n) is 2.63. The minimum Gasteiger partial charge on any atom is -0.376 e. The first kappa shape index (κ1) is 17.3. The van der Waals surface area contributed by atoms with E-state index in [9.17, 15) is 9.59 Å². The van der Waals surface area contributed by atoms with E-state index in [1.54, 1.807) is 24.0 Å². The van der Waals surface area contributed by atoms with Crippen molar-refractivity contribution in [3.05, 3.63) is 30.3 Å². The van der Waals surface area contributed by atoms with Crippen molar-refractivity contribution in [1.82, 2.24) is 10.2 Å². The molecule has 1 aliphatic heterocycles. The molecule has 2 atom stereocenters. The molecule has 0 bridgehead atoms. The highest BCUT2D eigenvalue weighted by Crippen LogP contribution is 2.14. The van der Waals surface area contributed by atoms with Crippen LogP contribution in [0.25, 0.3) is 0 Å². The Balaban J connectivity index is 1.83. The van der Waals surface area contributed by atoms with E-state index in [1.165, 1.54) is 0 Å². The van der Waals surface area contributed by atoms with Crippen molar-refractivity contribution in [2.45, 2.75) is 38.8 Å². The topological polar surface area (TPSA) is 70.7 Å². The summed E-state index contributed by atoms with van der Waals surface area (Å²) < 4.78 is 5.58. The molecule has 0 spiro atoms. The molecule has 126 valence electrons. The van der Waals surface area contributed by atoms with Gasteiger partial charge < -0.3 is 20.3 Å². The van der Waals surface area contributed by atoms with Gasteiger partial charge in [-0.1, -0.05) is 18.2 Å². The number of anilines is 1. The lowest BCUT2D eigenvalue weighted by Crippen LogP contribution is -2.49. The quantitative estimate of drug-likeness (QED) is 0.844. The number of amides is 3. The number of benzene rings is 1. The number of hydrogen-bond donors (Lipinski definition) is 2. The van der Waals surface area contributed by atoms with Crippen LogP contribution in [-0.2, 0) is 9.53 Å². The summed E-state index contributed by atoms with van der Waals surface area (Å²) >= 11 is 0. The van der Waals surface area contributed by atoms with Crippen molar-refractivity contribution in [2.24, 2.45) is 0 Å². The van der Waals surface area contributed by atoms with Crippen LogP contribution in [0.5, 0.6) is 0 Å². The number of para-hydroxylation sites is 1. The molecule has 1 heterocycles. The first-order valence-corrected chi connectivity index (χ1v) is 8.13. The highest BCUT2D eigenvalue weighted by molar-refractivity contribution is 5.93. The Morgan fingerprint density at radius 1 is 1.35 bits per heavy atom. The molecule has 6 nitrogen and oxygen atoms in total. The van der Waals surface area contributed by atoms with Crippen LogP contribution in [0, 0.1) is 0 Å². The summed E-state index contributed by atoms with van der Waals surface area (Å²) in [4.78, 5) is 26.2. The van der Waals surface area contributed by atoms with Crippen molar-refractivity contribution in [3.63, 3.8) is 0 Å². The first-order valence-electron chi connectivity index (χ1n) is 8.13. The number of carbonyl (C=O) groups excluding carboxylic acids is 2. The lowest BCUT2D eigenvalue weighted by Gasteiger charge is -2.27. The number of rotatable bonds is 6. The molecule has 3 amide bonds. The van der Waals surface area contributed by atoms with Gasteiger partial charge in [0.15, 0.2) is 0 Å². The number of likely N-dealkylation sites (N-methyl/N-ethyl adjacent to an activating group) is 1. The summed E-state index contributed by atoms with van der Waals surface area (Å²) in [5.74, 6) is -0.0915. The first-order chi connectivity index (χ1) is 11.1. The number of nitrogens with zero attached hydrogens (tertiary/aromatic N) is 1. The molecule has 23 heavy (non-hydrogen) atoms. The zero-order valence-electron chi connectivity index (χ0n) is 13.7. The largest absolute Gasteiger partial charge is 0.376 e. The molecule has 2 N–H and O–H groups in total. The zero-order valence-corrected chi connectivity index (χ0v) is 13.7. The Hall–Kier alpha value is -2.08. The normalized spacial score (nSPS) is 18.3. The molecule has 2 rings (SSSR count). The molecule has 1 saturated heterocycles. The van der Waals surface area contributed by atoms with Gasteiger partial charge >= 0.3 is 6.03 Å². The molecule has 1 aliphatic rings. The SMILES string of the molecule is CCN(C[C@H]1CCCO1)C(=O)[C@H](C)NC(=O)Nc1ccccc1. The Morgan fingerprint density at radius 2 is 2.09 bits per heavy atom. The van der Waals surface area contributed by atoms with Gasteiger partial charge in [-0.2, -0.15) is 0 Å². The number of hydrogen-bond acceptors (Lipinski definition) is 3. The third-order valence-electron chi connectivity index (χ3n) is 3.89. The van der Waals surface area contributed by atoms with Gasteiger partial charge in [-0.05, 0) is 38.8 Å². The standard InChI is InChI=1S/C17H25N3O3/c1-3-20(12-15-10-7-11-23-15)16(21)13(2)18-17(22)19-14-8-5-4-6-9-14/h4-6,8-9,13,15H,3,7,10-12H2,1-2H3,(H2,18,19,22)/t13-,15+/m0/s1. The van der Waals surface area contributed by atoms with Crippen LogP contribution < -0.4 is 10.6 Å². The van der Waals surface area contributed by atoms with Crippen molar-refractivity contribution in [1.29, 1.82) is 0 Å². The molecule has 0 aromatic heterocycles. The molecule has 0 unspecified atom stereocenters. The number of carbonyl (C=O) groups is 2. The molecule has 0 radical (unpaired) electrons. The third-order valence-corrected chi connectivity index (χ3v) is 3.89. The van der Waals surface area contributed by atoms with E-state index in [1.807, 2.05) is 25.1 Å². The lowest BCUT2D eigenvalue weighted by atomic mass is 10.2. The molecule has 0 saturated carbocycles. The monoisotopic (exact) mass is 319 g/mol. The second-order valence-electron chi connectivity index (χ2n) is 5.70. The predicted molar refractivity (Wildman–Crippen MR) is 89.3 cm³/mol. The van der Waals surface area contributed by atoms with Crippen molar-refractivity contribution >= 4 is 17.6 Å². The van der Waals surface area contributed by atoms with Crippen LogP contribution in [0.15, 0.2) is 30.3 Å². The van der Waals surface area contributed by atoms with Crippen molar-refractivity contribution in [2.75, 3.05) is 25.0 Å². The highest BCUT2D eigenvalue weighted by atomic mass is 16.5. The van der Waals surface area contributed by atoms with Gasteiger partial charge in [0.25, 0.3) is 0 Å². The second-order valence-corrected chi connectivity index (χ2v) is 5.70. The predicted octanol–water partition coefficient (Wildman–Crippen LogP) is 2.22. The van der Waals surface area contributed by atoms with E-state index in [-0.39, 0.29) is 18.0 Å². The molecule has 1 aromatic carbocycles. The molecule has 6 heteroatoms. The van der Waals surface area contributed by atoms with Crippen LogP contribution in [-0.4, -0.2) is 48.7 Å². The van der Waals surface area contributed by atoms with Gasteiger partial charge in [-0.3, -0.25) is 4.79 Å². The lowest BCUT2D eigenvalue weighted by molar-refractivity contribution is -0.134. The summed E-state index contributed by atoms with van der Waals surface area (Å²) in [5.41, 5.74) is 0.691. The summed E-state index contributed by atoms with van der Waals surface area (Å²) in [6.45, 7) is 5.59. The maximum Gasteiger partial charge on any atom is 0.319 e. The molecular weight excluding hydrogens is 294 g/mol. The van der Waals surface area contributed by atoms with Crippen molar-refractivity contribution in [3.8, 4) is 0 Å². The Morgan fingerprint density at radius 3 is 2.70 bits per heavy atom. The van der Waals surface area contributed by atoms with Crippen LogP contribution in [0.2, 0.25) is 0 Å². The molecular formula is C17H25N3O3. The van der Waals surface area contributed by atoms with E-state index in [2.05, 4.69) is 10.6 Å². The average molecular weight is 319 g/mol. The molecule has 1 fully saturated rings. The maximum atomic E-state index is 12.5. The Kier molecular flexibility index (Phi) is 6.40. The van der Waals surface area contributed by atoms with Gasteiger partial charge in [-0.25, -0.2) is 4.79 Å². The minimum atomic E-state index is -0.583. The van der Waals surface area contributed by atoms with E-state index in [4.69, 9.17) is 4.74 Å². The number of urea groups is 1. The number of ether oxygens (including phenoxy) is 1. The van der Waals surface area contributed by atoms with Gasteiger partial charge in [0.05, 0.1) is 6.10 Å². The number of nitrogens with one attached hydrogen (secondary N) is 2. The summed E-state index contributed by atoms with van der Waals surface area (Å²) in [7, 11) is 0. The smallest absolute Gasteiger partial charge is 0.319 e. The summed E-state index contributed by atoms with van der Waals surface area (Å²) in [5, 5.41) is 5.40. The summed E-state index contributed by atoms with van der Waals surface area (Å²) in [6, 6.07) is 8.17. The Labute approximate surface area is 137 Å². The zero-order chi connectivity index (χ0) is 16.7. The third kappa shape index (κ3) is 5.25. The van der Waals surface area contributed by atoms with Crippen LogP contribution >= 0.6 is 0 Å². The van der Waals surface area contributed by atoms with E-state index < -0.39 is 6.04 Å². The molecule has 0 aliphatic carbocycles. The van der Waals surface area contributed by atoms with Crippen LogP contribution in [0.1, 0.15) is 26.7 Å². The second kappa shape index (κ2) is 8.53. The van der Waals surface area contributed by atoms with Gasteiger partial charge in [0.1, 0.15) is 6.04 Å². The van der Waals surface area contributed by atoms with Gasteiger partial charge in [-0.15, -0.1) is 0 Å².